The molecule has 164 valence electrons. The number of amides is 2. The highest BCUT2D eigenvalue weighted by Gasteiger charge is 2.24. The van der Waals surface area contributed by atoms with Crippen LogP contribution in [0.1, 0.15) is 35.6 Å². The highest BCUT2D eigenvalue weighted by molar-refractivity contribution is 5.95. The van der Waals surface area contributed by atoms with Crippen molar-refractivity contribution in [2.75, 3.05) is 20.4 Å². The van der Waals surface area contributed by atoms with Gasteiger partial charge < -0.3 is 19.7 Å². The van der Waals surface area contributed by atoms with Crippen molar-refractivity contribution in [3.05, 3.63) is 89.7 Å². The lowest BCUT2D eigenvalue weighted by Gasteiger charge is -2.29. The van der Waals surface area contributed by atoms with Crippen LogP contribution >= 0.6 is 0 Å². The van der Waals surface area contributed by atoms with Gasteiger partial charge >= 0.3 is 0 Å². The number of carbonyl (C=O) groups is 2. The molecule has 7 nitrogen and oxygen atoms in total. The van der Waals surface area contributed by atoms with Crippen molar-refractivity contribution in [3.63, 3.8) is 0 Å². The lowest BCUT2D eigenvalue weighted by Crippen LogP contribution is -2.41. The van der Waals surface area contributed by atoms with Crippen molar-refractivity contribution in [1.29, 1.82) is 0 Å². The molecule has 2 amide bonds. The first-order chi connectivity index (χ1) is 16.4. The van der Waals surface area contributed by atoms with Crippen LogP contribution in [0.15, 0.2) is 72.9 Å². The van der Waals surface area contributed by atoms with Gasteiger partial charge in [0.05, 0.1) is 0 Å². The van der Waals surface area contributed by atoms with Crippen LogP contribution in [0.5, 0.6) is 11.5 Å². The minimum Gasteiger partial charge on any atom is -0.454 e. The van der Waals surface area contributed by atoms with Crippen LogP contribution in [0.2, 0.25) is 0 Å². The Morgan fingerprint density at radius 3 is 2.66 bits per heavy atom. The zero-order valence-electron chi connectivity index (χ0n) is 19.7. The molecule has 0 fully saturated rings. The number of pyridine rings is 1. The Labute approximate surface area is 189 Å². The van der Waals surface area contributed by atoms with Crippen molar-refractivity contribution in [2.45, 2.75) is 18.8 Å². The van der Waals surface area contributed by atoms with E-state index in [2.05, 4.69) is 10.3 Å². The van der Waals surface area contributed by atoms with Gasteiger partial charge in [-0.1, -0.05) is 36.4 Å². The summed E-state index contributed by atoms with van der Waals surface area (Å²) in [6, 6.07) is 17.8. The molecular weight excluding hydrogens is 406 g/mol. The predicted molar refractivity (Wildman–Crippen MR) is 120 cm³/mol. The normalized spacial score (nSPS) is 14.2. The van der Waals surface area contributed by atoms with Gasteiger partial charge in [-0.05, 0) is 48.7 Å². The van der Waals surface area contributed by atoms with E-state index in [0.717, 1.165) is 0 Å². The van der Waals surface area contributed by atoms with E-state index in [4.69, 9.17) is 12.2 Å². The standard InChI is InChI=1S/C25H25N3O4/c1-28(25(30)19-10-11-22-23(16-19)32-17-31-22)20(15-18-7-3-2-4-8-18)12-14-27-24(29)21-9-5-6-13-26-21/h2-11,13,16,20H,12,14-15,17H2,1H3,(H,27,29)/i15D2. The molecule has 4 rings (SSSR count). The number of nitrogens with one attached hydrogen (secondary N) is 1. The molecule has 1 aliphatic heterocycles. The van der Waals surface area contributed by atoms with Crippen LogP contribution in [-0.4, -0.2) is 48.1 Å². The minimum absolute atomic E-state index is 0.0952. The third-order valence-electron chi connectivity index (χ3n) is 5.12. The van der Waals surface area contributed by atoms with Crippen LogP contribution in [-0.2, 0) is 6.37 Å². The number of nitrogens with zero attached hydrogens (tertiary/aromatic N) is 2. The van der Waals surface area contributed by atoms with E-state index < -0.39 is 12.4 Å². The van der Waals surface area contributed by atoms with E-state index in [-0.39, 0.29) is 37.3 Å². The number of likely N-dealkylation sites (N-methyl/N-ethyl adjacent to an activating group) is 1. The average Bonchev–Trinajstić information content (AvgIpc) is 3.34. The molecule has 1 N–H and O–H groups in total. The summed E-state index contributed by atoms with van der Waals surface area (Å²) in [5, 5.41) is 2.78. The van der Waals surface area contributed by atoms with E-state index in [9.17, 15) is 9.59 Å². The van der Waals surface area contributed by atoms with Gasteiger partial charge in [0.15, 0.2) is 11.5 Å². The number of carbonyl (C=O) groups excluding carboxylic acids is 2. The van der Waals surface area contributed by atoms with Crippen molar-refractivity contribution in [2.24, 2.45) is 0 Å². The third kappa shape index (κ3) is 5.06. The summed E-state index contributed by atoms with van der Waals surface area (Å²) < 4.78 is 28.5. The molecule has 7 heteroatoms. The molecule has 1 aliphatic rings. The number of ether oxygens (including phenoxy) is 2. The lowest BCUT2D eigenvalue weighted by atomic mass is 10.0. The summed E-state index contributed by atoms with van der Waals surface area (Å²) in [6.45, 7) is 0.253. The second kappa shape index (κ2) is 9.96. The van der Waals surface area contributed by atoms with Gasteiger partial charge in [0, 0.05) is 34.1 Å². The zero-order chi connectivity index (χ0) is 24.1. The van der Waals surface area contributed by atoms with E-state index in [1.807, 2.05) is 6.07 Å². The van der Waals surface area contributed by atoms with E-state index in [1.165, 1.54) is 11.1 Å². The van der Waals surface area contributed by atoms with Crippen LogP contribution in [0.4, 0.5) is 0 Å². The molecule has 0 bridgehead atoms. The first kappa shape index (κ1) is 18.9. The highest BCUT2D eigenvalue weighted by Crippen LogP contribution is 2.33. The Bertz CT molecular complexity index is 1160. The summed E-state index contributed by atoms with van der Waals surface area (Å²) in [5.74, 6) is 0.320. The van der Waals surface area contributed by atoms with Crippen molar-refractivity contribution in [3.8, 4) is 11.5 Å². The summed E-state index contributed by atoms with van der Waals surface area (Å²) in [6.07, 6.45) is -0.158. The van der Waals surface area contributed by atoms with Gasteiger partial charge in [-0.3, -0.25) is 14.6 Å². The molecule has 1 atom stereocenters. The monoisotopic (exact) mass is 433 g/mol. The average molecular weight is 434 g/mol. The molecule has 1 unspecified atom stereocenters. The van der Waals surface area contributed by atoms with Gasteiger partial charge in [-0.25, -0.2) is 0 Å². The summed E-state index contributed by atoms with van der Waals surface area (Å²) in [5.41, 5.74) is 1.08. The summed E-state index contributed by atoms with van der Waals surface area (Å²) in [4.78, 5) is 31.2. The smallest absolute Gasteiger partial charge is 0.269 e. The van der Waals surface area contributed by atoms with Gasteiger partial charge in [0.2, 0.25) is 6.79 Å². The van der Waals surface area contributed by atoms with E-state index >= 15 is 0 Å². The number of aromatic nitrogens is 1. The van der Waals surface area contributed by atoms with Crippen LogP contribution < -0.4 is 14.8 Å². The fourth-order valence-electron chi connectivity index (χ4n) is 3.37. The predicted octanol–water partition coefficient (Wildman–Crippen LogP) is 3.31. The van der Waals surface area contributed by atoms with Crippen LogP contribution in [0.3, 0.4) is 0 Å². The Morgan fingerprint density at radius 1 is 1.09 bits per heavy atom. The number of rotatable bonds is 8. The summed E-state index contributed by atoms with van der Waals surface area (Å²) >= 11 is 0. The lowest BCUT2D eigenvalue weighted by molar-refractivity contribution is 0.0722. The quantitative estimate of drug-likeness (QED) is 0.590. The fraction of sp³-hybridized carbons (Fsp3) is 0.240. The molecule has 0 saturated heterocycles. The first-order valence-corrected chi connectivity index (χ1v) is 10.3. The SMILES string of the molecule is [2H]C([2H])(c1ccccc1)C(CCNC(=O)c1ccccn1)N(C)C(=O)c1ccc2c(c1)OCO2. The van der Waals surface area contributed by atoms with Crippen molar-refractivity contribution >= 4 is 11.8 Å². The molecule has 2 aromatic carbocycles. The van der Waals surface area contributed by atoms with Crippen molar-refractivity contribution in [1.82, 2.24) is 15.2 Å². The van der Waals surface area contributed by atoms with E-state index in [0.29, 0.717) is 22.6 Å². The Balaban J connectivity index is 1.55. The van der Waals surface area contributed by atoms with Gasteiger partial charge in [-0.15, -0.1) is 0 Å². The van der Waals surface area contributed by atoms with Crippen LogP contribution in [0.25, 0.3) is 0 Å². The maximum atomic E-state index is 13.3. The van der Waals surface area contributed by atoms with Gasteiger partial charge in [-0.2, -0.15) is 0 Å². The van der Waals surface area contributed by atoms with Gasteiger partial charge in [0.1, 0.15) is 5.69 Å². The molecule has 0 saturated carbocycles. The molecule has 0 spiro atoms. The van der Waals surface area contributed by atoms with Crippen molar-refractivity contribution < 1.29 is 21.8 Å². The molecule has 32 heavy (non-hydrogen) atoms. The maximum Gasteiger partial charge on any atom is 0.269 e. The number of fused-ring (bicyclic) bond motifs is 1. The Kier molecular flexibility index (Phi) is 5.87. The summed E-state index contributed by atoms with van der Waals surface area (Å²) in [7, 11) is 1.57. The largest absolute Gasteiger partial charge is 0.454 e. The topological polar surface area (TPSA) is 80.8 Å². The fourth-order valence-corrected chi connectivity index (χ4v) is 3.37. The van der Waals surface area contributed by atoms with Gasteiger partial charge in [0.25, 0.3) is 11.8 Å². The van der Waals surface area contributed by atoms with Crippen LogP contribution in [0, 0.1) is 0 Å². The molecule has 2 heterocycles. The minimum atomic E-state index is -1.88. The zero-order valence-corrected chi connectivity index (χ0v) is 17.7. The Hall–Kier alpha value is -3.87. The number of hydrogen-bond acceptors (Lipinski definition) is 5. The molecular formula is C25H25N3O4. The molecule has 0 radical (unpaired) electrons. The van der Waals surface area contributed by atoms with E-state index in [1.54, 1.807) is 67.7 Å². The number of hydrogen-bond donors (Lipinski definition) is 1. The Morgan fingerprint density at radius 2 is 1.88 bits per heavy atom. The second-order valence-electron chi connectivity index (χ2n) is 7.27. The second-order valence-corrected chi connectivity index (χ2v) is 7.27. The first-order valence-electron chi connectivity index (χ1n) is 11.3. The highest BCUT2D eigenvalue weighted by atomic mass is 16.7. The molecule has 0 aliphatic carbocycles. The maximum absolute atomic E-state index is 13.3. The number of benzene rings is 2. The molecule has 3 aromatic rings. The third-order valence-corrected chi connectivity index (χ3v) is 5.12. The molecule has 1 aromatic heterocycles.